The van der Waals surface area contributed by atoms with Crippen LogP contribution in [-0.4, -0.2) is 132 Å². The molecule has 0 aromatic heterocycles. The molecule has 63 heavy (non-hydrogen) atoms. The average Bonchev–Trinajstić information content (AvgIpc) is 3.59. The highest BCUT2D eigenvalue weighted by Gasteiger charge is 2.71. The molecule has 0 amide bonds. The van der Waals surface area contributed by atoms with Gasteiger partial charge >= 0.3 is 11.9 Å². The normalized spacial score (nSPS) is 38.5. The number of hydrogen-bond donors (Lipinski definition) is 2. The molecule has 0 bridgehead atoms. The largest absolute Gasteiger partial charge is 0.481 e. The fourth-order valence-electron chi connectivity index (χ4n) is 15.3. The number of carboxylic acids is 1. The number of carboxylic acid groups (broad SMARTS) is 1. The maximum absolute atomic E-state index is 13.2. The molecular formula is C50H88N2O10S. The lowest BCUT2D eigenvalue weighted by molar-refractivity contribution is -0.247. The van der Waals surface area contributed by atoms with Crippen LogP contribution in [0.25, 0.3) is 0 Å². The van der Waals surface area contributed by atoms with Crippen LogP contribution in [0.4, 0.5) is 0 Å². The summed E-state index contributed by atoms with van der Waals surface area (Å²) in [4.78, 5) is 27.4. The molecule has 364 valence electrons. The van der Waals surface area contributed by atoms with E-state index >= 15 is 0 Å². The van der Waals surface area contributed by atoms with Gasteiger partial charge in [0.2, 0.25) is 0 Å². The Morgan fingerprint density at radius 3 is 2.08 bits per heavy atom. The van der Waals surface area contributed by atoms with Gasteiger partial charge in [0.05, 0.1) is 69.1 Å². The van der Waals surface area contributed by atoms with Gasteiger partial charge in [0.15, 0.2) is 9.84 Å². The van der Waals surface area contributed by atoms with Crippen LogP contribution in [0.15, 0.2) is 0 Å². The lowest BCUT2D eigenvalue weighted by Gasteiger charge is -2.73. The highest BCUT2D eigenvalue weighted by atomic mass is 32.2. The Bertz CT molecular complexity index is 1680. The first-order valence-corrected chi connectivity index (χ1v) is 26.7. The molecule has 0 aromatic carbocycles. The molecule has 0 spiro atoms. The molecule has 13 heteroatoms. The van der Waals surface area contributed by atoms with Crippen LogP contribution in [0.1, 0.15) is 140 Å². The van der Waals surface area contributed by atoms with Gasteiger partial charge in [0.25, 0.3) is 0 Å². The quantitative estimate of drug-likeness (QED) is 0.0913. The minimum atomic E-state index is -3.03. The van der Waals surface area contributed by atoms with Crippen molar-refractivity contribution in [3.63, 3.8) is 0 Å². The molecule has 12 nitrogen and oxygen atoms in total. The van der Waals surface area contributed by atoms with E-state index in [0.29, 0.717) is 88.2 Å². The number of carbonyl (C=O) groups excluding carboxylic acids is 1. The Hall–Kier alpha value is -1.35. The van der Waals surface area contributed by atoms with Crippen molar-refractivity contribution in [2.24, 2.45) is 62.6 Å². The lowest BCUT2D eigenvalue weighted by Crippen LogP contribution is -2.69. The molecule has 1 saturated heterocycles. The summed E-state index contributed by atoms with van der Waals surface area (Å²) < 4.78 is 54.3. The summed E-state index contributed by atoms with van der Waals surface area (Å²) in [6.45, 7) is 27.7. The van der Waals surface area contributed by atoms with Gasteiger partial charge in [-0.1, -0.05) is 48.5 Å². The van der Waals surface area contributed by atoms with Crippen LogP contribution in [0, 0.1) is 62.6 Å². The Morgan fingerprint density at radius 2 is 1.44 bits per heavy atom. The molecule has 5 aliphatic carbocycles. The number of aliphatic carboxylic acids is 1. The van der Waals surface area contributed by atoms with Crippen molar-refractivity contribution in [2.45, 2.75) is 164 Å². The number of fused-ring (bicyclic) bond motifs is 7. The third-order valence-electron chi connectivity index (χ3n) is 19.2. The number of methoxy groups -OCH3 is 1. The number of carbonyl (C=O) groups is 2. The van der Waals surface area contributed by atoms with E-state index in [1.165, 1.54) is 38.5 Å². The minimum absolute atomic E-state index is 0.0360. The summed E-state index contributed by atoms with van der Waals surface area (Å²) in [6, 6.07) is 0.0456. The predicted octanol–water partition coefficient (Wildman–Crippen LogP) is 7.66. The van der Waals surface area contributed by atoms with Crippen molar-refractivity contribution in [3.05, 3.63) is 0 Å². The maximum atomic E-state index is 13.2. The lowest BCUT2D eigenvalue weighted by atomic mass is 9.32. The molecule has 6 fully saturated rings. The van der Waals surface area contributed by atoms with Crippen molar-refractivity contribution in [1.82, 2.24) is 10.2 Å². The van der Waals surface area contributed by atoms with Gasteiger partial charge < -0.3 is 34.1 Å². The molecule has 6 rings (SSSR count). The minimum Gasteiger partial charge on any atom is -0.481 e. The zero-order valence-electron chi connectivity index (χ0n) is 41.2. The van der Waals surface area contributed by atoms with Gasteiger partial charge in [-0.15, -0.1) is 0 Å². The number of rotatable bonds is 20. The average molecular weight is 909 g/mol. The van der Waals surface area contributed by atoms with Crippen molar-refractivity contribution < 1.29 is 46.8 Å². The van der Waals surface area contributed by atoms with Gasteiger partial charge in [-0.2, -0.15) is 0 Å². The summed E-state index contributed by atoms with van der Waals surface area (Å²) in [7, 11) is -1.37. The summed E-state index contributed by atoms with van der Waals surface area (Å²) in [5.41, 5.74) is -0.827. The molecule has 12 atom stereocenters. The van der Waals surface area contributed by atoms with E-state index in [1.54, 1.807) is 21.0 Å². The second-order valence-electron chi connectivity index (χ2n) is 23.4. The SMILES string of the molecule is COCCOCCOCCOC(C)C(CN[C@]12CC[C@@H](C(C)C)[C@@H]1[C@H]1CC[C@@H]3[C@@]4(C)CC[C@H](OC(=O)CC(C)(C)C(=O)O)C(C)(C)[C@@H]4CC[C@@]3(C)[C@]1(C)CC2)N1CCS(=O)(=O)CC1. The Morgan fingerprint density at radius 1 is 0.794 bits per heavy atom. The zero-order valence-corrected chi connectivity index (χ0v) is 42.0. The number of ether oxygens (including phenoxy) is 5. The molecule has 0 aromatic rings. The Kier molecular flexibility index (Phi) is 16.0. The smallest absolute Gasteiger partial charge is 0.309 e. The van der Waals surface area contributed by atoms with E-state index in [0.717, 1.165) is 32.2 Å². The maximum Gasteiger partial charge on any atom is 0.309 e. The van der Waals surface area contributed by atoms with Crippen LogP contribution < -0.4 is 5.32 Å². The van der Waals surface area contributed by atoms with Gasteiger partial charge in [0.1, 0.15) is 6.10 Å². The first-order valence-electron chi connectivity index (χ1n) is 24.9. The number of nitrogens with zero attached hydrogens (tertiary/aromatic N) is 1. The van der Waals surface area contributed by atoms with E-state index in [1.807, 2.05) is 0 Å². The third-order valence-corrected chi connectivity index (χ3v) is 20.8. The molecule has 1 heterocycles. The van der Waals surface area contributed by atoms with Crippen LogP contribution >= 0.6 is 0 Å². The molecule has 1 aliphatic heterocycles. The second-order valence-corrected chi connectivity index (χ2v) is 25.7. The first-order chi connectivity index (χ1) is 29.5. The van der Waals surface area contributed by atoms with Gasteiger partial charge in [0, 0.05) is 43.7 Å². The number of hydrogen-bond acceptors (Lipinski definition) is 11. The summed E-state index contributed by atoms with van der Waals surface area (Å²) >= 11 is 0. The standard InChI is InChI=1S/C50H88N2O10S/c1-34(2)36-14-19-50(51-33-38(52-22-30-63(56,57)31-23-52)35(3)61-29-28-60-27-26-59-25-24-58-11)21-20-48(9)37(43(36)50)12-13-40-47(8)17-16-41(62-42(53)32-45(4,5)44(54)55)46(6,7)39(47)15-18-49(40,48)10/h34-41,43,51H,12-33H2,1-11H3,(H,54,55)/t35?,36-,37+,38?,39-,40+,41-,43+,47-,48+,49+,50-/m0/s1. The Labute approximate surface area is 381 Å². The predicted molar refractivity (Wildman–Crippen MR) is 246 cm³/mol. The molecule has 0 radical (unpaired) electrons. The fraction of sp³-hybridized carbons (Fsp3) is 0.960. The van der Waals surface area contributed by atoms with E-state index in [4.69, 9.17) is 23.7 Å². The molecule has 5 saturated carbocycles. The van der Waals surface area contributed by atoms with Crippen LogP contribution in [0.2, 0.25) is 0 Å². The van der Waals surface area contributed by atoms with Crippen molar-refractivity contribution >= 4 is 21.8 Å². The van der Waals surface area contributed by atoms with Gasteiger partial charge in [-0.05, 0) is 137 Å². The number of esters is 1. The van der Waals surface area contributed by atoms with E-state index in [-0.39, 0.29) is 63.4 Å². The van der Waals surface area contributed by atoms with Gasteiger partial charge in [-0.3, -0.25) is 14.5 Å². The van der Waals surface area contributed by atoms with Crippen molar-refractivity contribution in [3.8, 4) is 0 Å². The topological polar surface area (TPSA) is 150 Å². The number of nitrogens with one attached hydrogen (secondary N) is 1. The summed E-state index contributed by atoms with van der Waals surface area (Å²) in [5.74, 6) is 2.43. The summed E-state index contributed by atoms with van der Waals surface area (Å²) in [6.07, 6.45) is 11.0. The monoisotopic (exact) mass is 909 g/mol. The highest BCUT2D eigenvalue weighted by molar-refractivity contribution is 7.91. The Balaban J connectivity index is 1.17. The van der Waals surface area contributed by atoms with Gasteiger partial charge in [-0.25, -0.2) is 8.42 Å². The van der Waals surface area contributed by atoms with Crippen LogP contribution in [0.3, 0.4) is 0 Å². The van der Waals surface area contributed by atoms with Crippen LogP contribution in [-0.2, 0) is 43.1 Å². The molecule has 2 N–H and O–H groups in total. The van der Waals surface area contributed by atoms with Crippen molar-refractivity contribution in [2.75, 3.05) is 77.9 Å². The van der Waals surface area contributed by atoms with E-state index in [2.05, 4.69) is 65.6 Å². The van der Waals surface area contributed by atoms with Crippen LogP contribution in [0.5, 0.6) is 0 Å². The molecular weight excluding hydrogens is 821 g/mol. The molecule has 2 unspecified atom stereocenters. The summed E-state index contributed by atoms with van der Waals surface area (Å²) in [5, 5.41) is 14.0. The molecule has 6 aliphatic rings. The third kappa shape index (κ3) is 10.1. The first kappa shape index (κ1) is 51.0. The fourth-order valence-corrected chi connectivity index (χ4v) is 16.6. The second kappa shape index (κ2) is 19.7. The zero-order chi connectivity index (χ0) is 46.2. The van der Waals surface area contributed by atoms with E-state index < -0.39 is 27.2 Å². The van der Waals surface area contributed by atoms with E-state index in [9.17, 15) is 23.1 Å². The highest BCUT2D eigenvalue weighted by Crippen LogP contribution is 2.76. The van der Waals surface area contributed by atoms with Crippen molar-refractivity contribution in [1.29, 1.82) is 0 Å². The number of sulfone groups is 1.